The van der Waals surface area contributed by atoms with E-state index in [-0.39, 0.29) is 23.3 Å². The number of carbonyl (C=O) groups excluding carboxylic acids is 2. The van der Waals surface area contributed by atoms with Gasteiger partial charge in [-0.2, -0.15) is 0 Å². The number of esters is 1. The van der Waals surface area contributed by atoms with E-state index >= 15 is 13.6 Å². The van der Waals surface area contributed by atoms with Crippen LogP contribution in [0.4, 0.5) is 8.78 Å². The number of halogens is 3. The second-order valence-corrected chi connectivity index (χ2v) is 14.3. The monoisotopic (exact) mass is 727 g/mol. The third-order valence-electron chi connectivity index (χ3n) is 9.61. The molecule has 0 N–H and O–H groups in total. The Morgan fingerprint density at radius 1 is 0.854 bits per heavy atom. The molecular formula is C39H32BrF2NO4S. The number of ketones is 1. The van der Waals surface area contributed by atoms with E-state index in [1.165, 1.54) is 11.8 Å². The molecule has 1 spiro atoms. The molecule has 0 radical (unpaired) electrons. The van der Waals surface area contributed by atoms with Gasteiger partial charge in [-0.3, -0.25) is 4.79 Å². The van der Waals surface area contributed by atoms with Crippen LogP contribution in [0.5, 0.6) is 0 Å². The molecular weight excluding hydrogens is 696 g/mol. The Bertz CT molecular complexity index is 1990. The maximum Gasteiger partial charge on any atom is 0.348 e. The van der Waals surface area contributed by atoms with Gasteiger partial charge in [-0.25, -0.2) is 13.6 Å². The van der Waals surface area contributed by atoms with Gasteiger partial charge in [-0.1, -0.05) is 76.6 Å². The molecule has 3 aliphatic rings. The number of fused-ring (bicyclic) bond motifs is 3. The lowest BCUT2D eigenvalue weighted by molar-refractivity contribution is -0.177. The zero-order chi connectivity index (χ0) is 34.0. The maximum atomic E-state index is 15.7. The first-order valence-electron chi connectivity index (χ1n) is 15.8. The Labute approximate surface area is 290 Å². The van der Waals surface area contributed by atoms with Crippen LogP contribution in [0.1, 0.15) is 60.3 Å². The highest BCUT2D eigenvalue weighted by Crippen LogP contribution is 2.74. The molecule has 7 rings (SSSR count). The fourth-order valence-electron chi connectivity index (χ4n) is 7.59. The van der Waals surface area contributed by atoms with E-state index in [0.29, 0.717) is 17.8 Å². The van der Waals surface area contributed by atoms with Crippen LogP contribution in [0.25, 0.3) is 0 Å². The van der Waals surface area contributed by atoms with E-state index < -0.39 is 39.3 Å². The molecule has 0 unspecified atom stereocenters. The normalized spacial score (nSPS) is 22.4. The molecule has 0 amide bonds. The van der Waals surface area contributed by atoms with Crippen LogP contribution in [0.3, 0.4) is 0 Å². The van der Waals surface area contributed by atoms with Gasteiger partial charge in [0.1, 0.15) is 4.75 Å². The summed E-state index contributed by atoms with van der Waals surface area (Å²) >= 11 is 4.97. The Morgan fingerprint density at radius 2 is 1.42 bits per heavy atom. The molecule has 0 saturated carbocycles. The minimum atomic E-state index is -2.21. The van der Waals surface area contributed by atoms with Crippen molar-refractivity contribution in [3.05, 3.63) is 163 Å². The fourth-order valence-corrected chi connectivity index (χ4v) is 9.47. The molecule has 3 aliphatic heterocycles. The molecule has 0 aliphatic carbocycles. The molecule has 9 heteroatoms. The number of hydrogen-bond donors (Lipinski definition) is 0. The lowest BCUT2D eigenvalue weighted by atomic mass is 9.64. The van der Waals surface area contributed by atoms with Crippen molar-refractivity contribution in [2.45, 2.75) is 43.6 Å². The highest BCUT2D eigenvalue weighted by atomic mass is 79.9. The van der Waals surface area contributed by atoms with Crippen molar-refractivity contribution in [1.29, 1.82) is 0 Å². The first kappa shape index (κ1) is 32.5. The zero-order valence-electron chi connectivity index (χ0n) is 26.8. The molecule has 0 saturated heterocycles. The third kappa shape index (κ3) is 4.23. The predicted octanol–water partition coefficient (Wildman–Crippen LogP) is 9.13. The number of rotatable bonds is 7. The number of allylic oxidation sites excluding steroid dienone is 2. The van der Waals surface area contributed by atoms with Crippen molar-refractivity contribution >= 4 is 39.4 Å². The summed E-state index contributed by atoms with van der Waals surface area (Å²) in [5, 5.41) is 0. The summed E-state index contributed by atoms with van der Waals surface area (Å²) in [4.78, 5) is 32.7. The summed E-state index contributed by atoms with van der Waals surface area (Å²) in [5.74, 6) is -3.60. The molecule has 0 aromatic heterocycles. The van der Waals surface area contributed by atoms with E-state index in [0.717, 1.165) is 38.3 Å². The maximum absolute atomic E-state index is 15.7. The Balaban J connectivity index is 1.75. The molecule has 48 heavy (non-hydrogen) atoms. The topological polar surface area (TPSA) is 55.8 Å². The standard InChI is InChI=1S/C39H32BrF2NO4S/c1-5-43-23(3)24(4)48-39(26-13-9-7-10-14-26,27-15-11-8-12-16-27)38-30-22-32(42)31(41)21-29(30)37(47-38,36(45)46-6-2)33(35(38)43)34(44)25-17-19-28(40)20-18-25/h7-22H,5-6H2,1-4H3/t37-,38+/m0/s1. The molecule has 2 bridgehead atoms. The minimum absolute atomic E-state index is 0.0227. The van der Waals surface area contributed by atoms with Gasteiger partial charge in [0.2, 0.25) is 5.60 Å². The van der Waals surface area contributed by atoms with Crippen LogP contribution in [-0.2, 0) is 30.2 Å². The quantitative estimate of drug-likeness (QED) is 0.140. The Morgan fingerprint density at radius 3 is 1.96 bits per heavy atom. The first-order chi connectivity index (χ1) is 23.1. The number of carbonyl (C=O) groups is 2. The molecule has 3 heterocycles. The number of Topliss-reactive ketones (excluding diaryl/α,β-unsaturated/α-hetero) is 1. The summed E-state index contributed by atoms with van der Waals surface area (Å²) in [6.07, 6.45) is 0. The number of hydrogen-bond acceptors (Lipinski definition) is 6. The Kier molecular flexibility index (Phi) is 8.01. The van der Waals surface area contributed by atoms with E-state index in [4.69, 9.17) is 9.47 Å². The first-order valence-corrected chi connectivity index (χ1v) is 17.4. The van der Waals surface area contributed by atoms with Gasteiger partial charge in [0, 0.05) is 38.3 Å². The van der Waals surface area contributed by atoms with Crippen molar-refractivity contribution in [1.82, 2.24) is 4.90 Å². The predicted molar refractivity (Wildman–Crippen MR) is 185 cm³/mol. The summed E-state index contributed by atoms with van der Waals surface area (Å²) in [6.45, 7) is 7.95. The average Bonchev–Trinajstić information content (AvgIpc) is 3.55. The highest BCUT2D eigenvalue weighted by molar-refractivity contribution is 9.10. The largest absolute Gasteiger partial charge is 0.463 e. The molecule has 4 aromatic rings. The van der Waals surface area contributed by atoms with Crippen LogP contribution in [-0.4, -0.2) is 29.8 Å². The fraction of sp³-hybridized carbons (Fsp3) is 0.231. The van der Waals surface area contributed by atoms with Gasteiger partial charge < -0.3 is 14.4 Å². The average molecular weight is 729 g/mol. The lowest BCUT2D eigenvalue weighted by Crippen LogP contribution is -2.51. The summed E-state index contributed by atoms with van der Waals surface area (Å²) in [7, 11) is 0. The Hall–Kier alpha value is -4.05. The molecule has 0 fully saturated rings. The van der Waals surface area contributed by atoms with Gasteiger partial charge in [0.15, 0.2) is 23.0 Å². The van der Waals surface area contributed by atoms with Crippen molar-refractivity contribution < 1.29 is 27.8 Å². The van der Waals surface area contributed by atoms with Gasteiger partial charge >= 0.3 is 5.97 Å². The van der Waals surface area contributed by atoms with E-state index in [2.05, 4.69) is 15.9 Å². The van der Waals surface area contributed by atoms with E-state index in [9.17, 15) is 4.79 Å². The van der Waals surface area contributed by atoms with Crippen LogP contribution < -0.4 is 0 Å². The van der Waals surface area contributed by atoms with Crippen molar-refractivity contribution in [3.8, 4) is 0 Å². The molecule has 2 atom stereocenters. The van der Waals surface area contributed by atoms with E-state index in [1.807, 2.05) is 86.3 Å². The van der Waals surface area contributed by atoms with Crippen LogP contribution in [0.2, 0.25) is 0 Å². The van der Waals surface area contributed by atoms with Crippen molar-refractivity contribution in [3.63, 3.8) is 0 Å². The van der Waals surface area contributed by atoms with Gasteiger partial charge in [-0.05, 0) is 75.2 Å². The molecule has 5 nitrogen and oxygen atoms in total. The highest BCUT2D eigenvalue weighted by Gasteiger charge is 2.78. The SMILES string of the molecule is CCOC(=O)[C@@]12O[C@@]3(C(=C1C(=O)c1ccc(Br)cc1)N(CC)C(C)=C(C)SC3(c1ccccc1)c1ccccc1)c1cc(F)c(F)cc12. The second kappa shape index (κ2) is 11.8. The molecule has 244 valence electrons. The van der Waals surface area contributed by atoms with Crippen LogP contribution in [0.15, 0.2) is 123 Å². The smallest absolute Gasteiger partial charge is 0.348 e. The zero-order valence-corrected chi connectivity index (χ0v) is 29.2. The number of likely N-dealkylation sites (N-methyl/N-ethyl adjacent to an activating group) is 1. The van der Waals surface area contributed by atoms with Gasteiger partial charge in [-0.15, -0.1) is 11.8 Å². The number of thioether (sulfide) groups is 1. The molecule has 4 aromatic carbocycles. The number of ether oxygens (including phenoxy) is 2. The number of benzene rings is 4. The van der Waals surface area contributed by atoms with Crippen molar-refractivity contribution in [2.75, 3.05) is 13.2 Å². The van der Waals surface area contributed by atoms with Crippen molar-refractivity contribution in [2.24, 2.45) is 0 Å². The summed E-state index contributed by atoms with van der Waals surface area (Å²) < 4.78 is 43.8. The van der Waals surface area contributed by atoms with E-state index in [1.54, 1.807) is 31.2 Å². The van der Waals surface area contributed by atoms with Crippen LogP contribution >= 0.6 is 27.7 Å². The lowest BCUT2D eigenvalue weighted by Gasteiger charge is -2.49. The van der Waals surface area contributed by atoms with Gasteiger partial charge in [0.05, 0.1) is 17.9 Å². The van der Waals surface area contributed by atoms with Gasteiger partial charge in [0.25, 0.3) is 0 Å². The van der Waals surface area contributed by atoms with Crippen LogP contribution in [0, 0.1) is 11.6 Å². The summed E-state index contributed by atoms with van der Waals surface area (Å²) in [6, 6.07) is 28.3. The third-order valence-corrected chi connectivity index (χ3v) is 11.8. The summed E-state index contributed by atoms with van der Waals surface area (Å²) in [5.41, 5.74) is -0.490. The second-order valence-electron chi connectivity index (χ2n) is 12.0. The minimum Gasteiger partial charge on any atom is -0.463 e. The number of nitrogens with zero attached hydrogens (tertiary/aromatic N) is 1.